The first-order valence-electron chi connectivity index (χ1n) is 6.29. The minimum Gasteiger partial charge on any atom is -0.399 e. The summed E-state index contributed by atoms with van der Waals surface area (Å²) in [4.78, 5) is 14.0. The van der Waals surface area contributed by atoms with Crippen LogP contribution in [0.5, 0.6) is 0 Å². The molecule has 0 bridgehead atoms. The summed E-state index contributed by atoms with van der Waals surface area (Å²) < 4.78 is 0. The molecule has 0 heterocycles. The smallest absolute Gasteiger partial charge is 0.226 e. The van der Waals surface area contributed by atoms with E-state index in [0.717, 1.165) is 31.5 Å². The van der Waals surface area contributed by atoms with E-state index in [9.17, 15) is 4.79 Å². The van der Waals surface area contributed by atoms with Gasteiger partial charge in [0.05, 0.1) is 6.42 Å². The quantitative estimate of drug-likeness (QED) is 0.768. The standard InChI is InChI=1S/C14H22N2O/c1-3-8-16(9-4-2)14(17)11-12-6-5-7-13(15)10-12/h5-7,10H,3-4,8-9,11,15H2,1-2H3. The Morgan fingerprint density at radius 1 is 1.24 bits per heavy atom. The number of anilines is 1. The van der Waals surface area contributed by atoms with Crippen molar-refractivity contribution in [3.8, 4) is 0 Å². The molecule has 94 valence electrons. The molecule has 0 aliphatic heterocycles. The van der Waals surface area contributed by atoms with Crippen LogP contribution < -0.4 is 5.73 Å². The number of hydrogen-bond acceptors (Lipinski definition) is 2. The van der Waals surface area contributed by atoms with Gasteiger partial charge in [0.25, 0.3) is 0 Å². The summed E-state index contributed by atoms with van der Waals surface area (Å²) in [5.74, 6) is 0.194. The molecule has 3 heteroatoms. The van der Waals surface area contributed by atoms with Crippen LogP contribution in [-0.4, -0.2) is 23.9 Å². The van der Waals surface area contributed by atoms with Gasteiger partial charge in [0.1, 0.15) is 0 Å². The van der Waals surface area contributed by atoms with Gasteiger partial charge in [-0.2, -0.15) is 0 Å². The van der Waals surface area contributed by atoms with Crippen molar-refractivity contribution in [3.05, 3.63) is 29.8 Å². The van der Waals surface area contributed by atoms with Crippen LogP contribution >= 0.6 is 0 Å². The molecular weight excluding hydrogens is 212 g/mol. The minimum absolute atomic E-state index is 0.194. The summed E-state index contributed by atoms with van der Waals surface area (Å²) in [5.41, 5.74) is 7.41. The summed E-state index contributed by atoms with van der Waals surface area (Å²) in [7, 11) is 0. The fraction of sp³-hybridized carbons (Fsp3) is 0.500. The maximum atomic E-state index is 12.1. The van der Waals surface area contributed by atoms with E-state index in [-0.39, 0.29) is 5.91 Å². The van der Waals surface area contributed by atoms with E-state index in [1.165, 1.54) is 0 Å². The molecule has 0 aliphatic carbocycles. The SMILES string of the molecule is CCCN(CCC)C(=O)Cc1cccc(N)c1. The zero-order chi connectivity index (χ0) is 12.7. The van der Waals surface area contributed by atoms with Crippen molar-refractivity contribution in [3.63, 3.8) is 0 Å². The van der Waals surface area contributed by atoms with E-state index in [0.29, 0.717) is 12.1 Å². The zero-order valence-corrected chi connectivity index (χ0v) is 10.8. The monoisotopic (exact) mass is 234 g/mol. The largest absolute Gasteiger partial charge is 0.399 e. The average molecular weight is 234 g/mol. The van der Waals surface area contributed by atoms with E-state index in [2.05, 4.69) is 13.8 Å². The third-order valence-electron chi connectivity index (χ3n) is 2.65. The van der Waals surface area contributed by atoms with Crippen molar-refractivity contribution in [1.82, 2.24) is 4.90 Å². The van der Waals surface area contributed by atoms with Crippen LogP contribution in [0.4, 0.5) is 5.69 Å². The van der Waals surface area contributed by atoms with E-state index in [1.807, 2.05) is 29.2 Å². The molecule has 0 saturated heterocycles. The molecule has 0 aliphatic rings. The lowest BCUT2D eigenvalue weighted by atomic mass is 10.1. The van der Waals surface area contributed by atoms with Crippen molar-refractivity contribution in [2.45, 2.75) is 33.1 Å². The third-order valence-corrected chi connectivity index (χ3v) is 2.65. The van der Waals surface area contributed by atoms with Gasteiger partial charge in [-0.05, 0) is 30.5 Å². The molecule has 1 rings (SSSR count). The summed E-state index contributed by atoms with van der Waals surface area (Å²) in [6, 6.07) is 7.55. The molecule has 1 aromatic rings. The number of rotatable bonds is 6. The van der Waals surface area contributed by atoms with Gasteiger partial charge in [0, 0.05) is 18.8 Å². The first-order valence-corrected chi connectivity index (χ1v) is 6.29. The highest BCUT2D eigenvalue weighted by molar-refractivity contribution is 5.79. The first-order chi connectivity index (χ1) is 8.17. The number of amides is 1. The highest BCUT2D eigenvalue weighted by Gasteiger charge is 2.12. The topological polar surface area (TPSA) is 46.3 Å². The molecule has 0 atom stereocenters. The van der Waals surface area contributed by atoms with Gasteiger partial charge in [-0.25, -0.2) is 0 Å². The number of carbonyl (C=O) groups excluding carboxylic acids is 1. The zero-order valence-electron chi connectivity index (χ0n) is 10.8. The van der Waals surface area contributed by atoms with Gasteiger partial charge in [-0.3, -0.25) is 4.79 Å². The Morgan fingerprint density at radius 3 is 2.41 bits per heavy atom. The molecule has 1 aromatic carbocycles. The Labute approximate surface area is 104 Å². The first kappa shape index (κ1) is 13.6. The van der Waals surface area contributed by atoms with Gasteiger partial charge in [0.2, 0.25) is 5.91 Å². The Balaban J connectivity index is 2.62. The number of nitrogens with zero attached hydrogens (tertiary/aromatic N) is 1. The van der Waals surface area contributed by atoms with Gasteiger partial charge >= 0.3 is 0 Å². The van der Waals surface area contributed by atoms with Gasteiger partial charge in [-0.15, -0.1) is 0 Å². The predicted octanol–water partition coefficient (Wildman–Crippen LogP) is 2.46. The number of nitrogen functional groups attached to an aromatic ring is 1. The highest BCUT2D eigenvalue weighted by atomic mass is 16.2. The normalized spacial score (nSPS) is 10.2. The Morgan fingerprint density at radius 2 is 1.88 bits per heavy atom. The van der Waals surface area contributed by atoms with Crippen molar-refractivity contribution in [2.75, 3.05) is 18.8 Å². The molecule has 0 saturated carbocycles. The lowest BCUT2D eigenvalue weighted by Gasteiger charge is -2.21. The fourth-order valence-electron chi connectivity index (χ4n) is 1.89. The molecule has 3 nitrogen and oxygen atoms in total. The van der Waals surface area contributed by atoms with Crippen LogP contribution in [0.2, 0.25) is 0 Å². The van der Waals surface area contributed by atoms with E-state index >= 15 is 0 Å². The maximum Gasteiger partial charge on any atom is 0.226 e. The van der Waals surface area contributed by atoms with Crippen LogP contribution in [0.1, 0.15) is 32.3 Å². The van der Waals surface area contributed by atoms with E-state index in [4.69, 9.17) is 5.73 Å². The molecule has 0 radical (unpaired) electrons. The molecule has 0 unspecified atom stereocenters. The third kappa shape index (κ3) is 4.47. The number of nitrogens with two attached hydrogens (primary N) is 1. The van der Waals surface area contributed by atoms with Crippen molar-refractivity contribution < 1.29 is 4.79 Å². The maximum absolute atomic E-state index is 12.1. The van der Waals surface area contributed by atoms with Gasteiger partial charge < -0.3 is 10.6 Å². The predicted molar refractivity (Wildman–Crippen MR) is 71.7 cm³/mol. The van der Waals surface area contributed by atoms with Crippen molar-refractivity contribution in [1.29, 1.82) is 0 Å². The average Bonchev–Trinajstić information content (AvgIpc) is 2.28. The highest BCUT2D eigenvalue weighted by Crippen LogP contribution is 2.09. The minimum atomic E-state index is 0.194. The molecule has 0 spiro atoms. The molecule has 1 amide bonds. The van der Waals surface area contributed by atoms with E-state index < -0.39 is 0 Å². The van der Waals surface area contributed by atoms with Crippen LogP contribution in [-0.2, 0) is 11.2 Å². The van der Waals surface area contributed by atoms with E-state index in [1.54, 1.807) is 0 Å². The molecule has 2 N–H and O–H groups in total. The molecule has 0 aromatic heterocycles. The summed E-state index contributed by atoms with van der Waals surface area (Å²) >= 11 is 0. The molecule has 17 heavy (non-hydrogen) atoms. The lowest BCUT2D eigenvalue weighted by molar-refractivity contribution is -0.130. The van der Waals surface area contributed by atoms with Gasteiger partial charge in [-0.1, -0.05) is 26.0 Å². The van der Waals surface area contributed by atoms with Crippen molar-refractivity contribution >= 4 is 11.6 Å². The second kappa shape index (κ2) is 6.94. The second-order valence-electron chi connectivity index (χ2n) is 4.30. The van der Waals surface area contributed by atoms with Crippen LogP contribution in [0, 0.1) is 0 Å². The Hall–Kier alpha value is -1.51. The number of hydrogen-bond donors (Lipinski definition) is 1. The summed E-state index contributed by atoms with van der Waals surface area (Å²) in [5, 5.41) is 0. The molecular formula is C14H22N2O. The summed E-state index contributed by atoms with van der Waals surface area (Å²) in [6.45, 7) is 5.87. The van der Waals surface area contributed by atoms with Crippen LogP contribution in [0.15, 0.2) is 24.3 Å². The second-order valence-corrected chi connectivity index (χ2v) is 4.30. The summed E-state index contributed by atoms with van der Waals surface area (Å²) in [6.07, 6.45) is 2.45. The number of carbonyl (C=O) groups is 1. The van der Waals surface area contributed by atoms with Crippen LogP contribution in [0.25, 0.3) is 0 Å². The Kier molecular flexibility index (Phi) is 5.53. The fourth-order valence-corrected chi connectivity index (χ4v) is 1.89. The molecule has 0 fully saturated rings. The van der Waals surface area contributed by atoms with Crippen LogP contribution in [0.3, 0.4) is 0 Å². The number of benzene rings is 1. The lowest BCUT2D eigenvalue weighted by Crippen LogP contribution is -2.33. The van der Waals surface area contributed by atoms with Gasteiger partial charge in [0.15, 0.2) is 0 Å². The Bertz CT molecular complexity index is 357. The van der Waals surface area contributed by atoms with Crippen molar-refractivity contribution in [2.24, 2.45) is 0 Å².